The van der Waals surface area contributed by atoms with Gasteiger partial charge in [-0.1, -0.05) is 0 Å². The van der Waals surface area contributed by atoms with E-state index < -0.39 is 12.3 Å². The fraction of sp³-hybridized carbons (Fsp3) is 0. The van der Waals surface area contributed by atoms with Crippen LogP contribution in [0.1, 0.15) is 0 Å². The van der Waals surface area contributed by atoms with Crippen LogP contribution >= 0.6 is 0 Å². The van der Waals surface area contributed by atoms with Gasteiger partial charge in [-0.05, 0) is 0 Å². The van der Waals surface area contributed by atoms with E-state index in [2.05, 4.69) is 0 Å². The summed E-state index contributed by atoms with van der Waals surface area (Å²) in [7, 11) is 0. The largest absolute Gasteiger partial charge is 0.503 e. The maximum Gasteiger partial charge on any atom is 0.503 e. The van der Waals surface area contributed by atoms with E-state index in [1.807, 2.05) is 0 Å². The van der Waals surface area contributed by atoms with Gasteiger partial charge in [-0.2, -0.15) is 0 Å². The van der Waals surface area contributed by atoms with Crippen molar-refractivity contribution in [1.82, 2.24) is 0 Å². The molecular weight excluding hydrogens is 160 g/mol. The predicted molar refractivity (Wildman–Crippen MR) is 27.1 cm³/mol. The third-order valence-electron chi connectivity index (χ3n) is 0. The zero-order valence-electron chi connectivity index (χ0n) is 4.31. The summed E-state index contributed by atoms with van der Waals surface area (Å²) in [6.07, 6.45) is -3.67. The number of rotatable bonds is 0. The van der Waals surface area contributed by atoms with Crippen LogP contribution in [0.2, 0.25) is 0 Å². The molecule has 0 heterocycles. The molecule has 50 valence electrons. The van der Waals surface area contributed by atoms with E-state index in [1.54, 1.807) is 0 Å². The van der Waals surface area contributed by atoms with Crippen LogP contribution in [0.3, 0.4) is 0 Å². The molecular formula is C2H4CaO6. The van der Waals surface area contributed by atoms with Crippen LogP contribution in [0.5, 0.6) is 0 Å². The van der Waals surface area contributed by atoms with Gasteiger partial charge in [0, 0.05) is 37.7 Å². The van der Waals surface area contributed by atoms with Crippen molar-refractivity contribution in [3.8, 4) is 0 Å². The SMILES string of the molecule is O=C(O)O.O=C(O)O.[Ca]. The first-order chi connectivity index (χ1) is 3.46. The minimum atomic E-state index is -1.83. The van der Waals surface area contributed by atoms with Crippen LogP contribution in [0.25, 0.3) is 0 Å². The van der Waals surface area contributed by atoms with Crippen LogP contribution in [0, 0.1) is 0 Å². The van der Waals surface area contributed by atoms with Crippen molar-refractivity contribution in [2.45, 2.75) is 0 Å². The van der Waals surface area contributed by atoms with Crippen LogP contribution in [0.4, 0.5) is 9.59 Å². The van der Waals surface area contributed by atoms with Crippen molar-refractivity contribution in [3.05, 3.63) is 0 Å². The van der Waals surface area contributed by atoms with Gasteiger partial charge in [-0.15, -0.1) is 0 Å². The Morgan fingerprint density at radius 2 is 0.778 bits per heavy atom. The molecule has 9 heavy (non-hydrogen) atoms. The van der Waals surface area contributed by atoms with Crippen molar-refractivity contribution in [3.63, 3.8) is 0 Å². The van der Waals surface area contributed by atoms with Gasteiger partial charge in [0.2, 0.25) is 0 Å². The van der Waals surface area contributed by atoms with Crippen molar-refractivity contribution in [2.24, 2.45) is 0 Å². The Hall–Kier alpha value is -0.200. The van der Waals surface area contributed by atoms with E-state index in [0.29, 0.717) is 0 Å². The summed E-state index contributed by atoms with van der Waals surface area (Å²) in [4.78, 5) is 17.1. The summed E-state index contributed by atoms with van der Waals surface area (Å²) in [5, 5.41) is 27.9. The van der Waals surface area contributed by atoms with E-state index in [4.69, 9.17) is 30.0 Å². The van der Waals surface area contributed by atoms with Crippen LogP contribution in [0.15, 0.2) is 0 Å². The van der Waals surface area contributed by atoms with Crippen LogP contribution in [-0.4, -0.2) is 70.5 Å². The van der Waals surface area contributed by atoms with Crippen molar-refractivity contribution in [1.29, 1.82) is 0 Å². The average molecular weight is 164 g/mol. The molecule has 0 bridgehead atoms. The Morgan fingerprint density at radius 1 is 0.778 bits per heavy atom. The normalized spacial score (nSPS) is 5.33. The third kappa shape index (κ3) is 6540. The maximum absolute atomic E-state index is 8.56. The molecule has 0 amide bonds. The molecule has 0 aromatic carbocycles. The van der Waals surface area contributed by atoms with Gasteiger partial charge in [-0.25, -0.2) is 9.59 Å². The van der Waals surface area contributed by atoms with E-state index in [-0.39, 0.29) is 37.7 Å². The number of carboxylic acid groups (broad SMARTS) is 4. The van der Waals surface area contributed by atoms with Gasteiger partial charge in [-0.3, -0.25) is 0 Å². The molecule has 0 aromatic heterocycles. The molecule has 6 nitrogen and oxygen atoms in total. The van der Waals surface area contributed by atoms with Gasteiger partial charge in [0.1, 0.15) is 0 Å². The summed E-state index contributed by atoms with van der Waals surface area (Å²) < 4.78 is 0. The molecule has 0 spiro atoms. The monoisotopic (exact) mass is 164 g/mol. The third-order valence-corrected chi connectivity index (χ3v) is 0. The Bertz CT molecular complexity index is 69.1. The number of hydrogen-bond acceptors (Lipinski definition) is 2. The van der Waals surface area contributed by atoms with E-state index in [1.165, 1.54) is 0 Å². The molecule has 2 radical (unpaired) electrons. The van der Waals surface area contributed by atoms with Crippen LogP contribution in [-0.2, 0) is 0 Å². The molecule has 0 unspecified atom stereocenters. The van der Waals surface area contributed by atoms with Crippen molar-refractivity contribution in [2.75, 3.05) is 0 Å². The van der Waals surface area contributed by atoms with Gasteiger partial charge in [0.25, 0.3) is 0 Å². The zero-order valence-corrected chi connectivity index (χ0v) is 6.52. The van der Waals surface area contributed by atoms with Crippen molar-refractivity contribution < 1.29 is 30.0 Å². The summed E-state index contributed by atoms with van der Waals surface area (Å²) in [5.74, 6) is 0. The topological polar surface area (TPSA) is 115 Å². The van der Waals surface area contributed by atoms with Crippen molar-refractivity contribution >= 4 is 50.0 Å². The Morgan fingerprint density at radius 3 is 0.778 bits per heavy atom. The number of carbonyl (C=O) groups is 2. The smallest absolute Gasteiger partial charge is 0.450 e. The molecule has 7 heteroatoms. The summed E-state index contributed by atoms with van der Waals surface area (Å²) in [6.45, 7) is 0. The quantitative estimate of drug-likeness (QED) is 0.376. The first-order valence-electron chi connectivity index (χ1n) is 1.30. The standard InChI is InChI=1S/2CH2O3.Ca/c2*2-1(3)4;/h2*(H2,2,3,4);. The molecule has 0 rings (SSSR count). The van der Waals surface area contributed by atoms with Gasteiger partial charge in [0.15, 0.2) is 0 Å². The Balaban J connectivity index is -0.0000000720. The molecule has 0 fully saturated rings. The zero-order chi connectivity index (χ0) is 7.15. The molecule has 4 N–H and O–H groups in total. The van der Waals surface area contributed by atoms with E-state index in [0.717, 1.165) is 0 Å². The summed E-state index contributed by atoms with van der Waals surface area (Å²) >= 11 is 0. The second-order valence-electron chi connectivity index (χ2n) is 0.565. The molecule has 0 aliphatic carbocycles. The molecule has 0 aliphatic rings. The van der Waals surface area contributed by atoms with Gasteiger partial charge in [0.05, 0.1) is 0 Å². The predicted octanol–water partition coefficient (Wildman–Crippen LogP) is 0.0640. The second kappa shape index (κ2) is 10.7. The Labute approximate surface area is 79.7 Å². The minimum absolute atomic E-state index is 0. The molecule has 0 saturated heterocycles. The fourth-order valence-corrected chi connectivity index (χ4v) is 0. The van der Waals surface area contributed by atoms with E-state index in [9.17, 15) is 0 Å². The molecule has 0 aliphatic heterocycles. The number of hydrogen-bond donors (Lipinski definition) is 4. The maximum atomic E-state index is 8.56. The fourth-order valence-electron chi connectivity index (χ4n) is 0. The van der Waals surface area contributed by atoms with E-state index >= 15 is 0 Å². The Kier molecular flexibility index (Phi) is 19.0. The van der Waals surface area contributed by atoms with Gasteiger partial charge < -0.3 is 20.4 Å². The van der Waals surface area contributed by atoms with Crippen LogP contribution < -0.4 is 0 Å². The minimum Gasteiger partial charge on any atom is -0.450 e. The molecule has 0 aromatic rings. The average Bonchev–Trinajstić information content (AvgIpc) is 1.25. The molecule has 0 atom stereocenters. The first-order valence-corrected chi connectivity index (χ1v) is 1.30. The molecule has 0 saturated carbocycles. The van der Waals surface area contributed by atoms with Gasteiger partial charge >= 0.3 is 12.3 Å². The summed E-state index contributed by atoms with van der Waals surface area (Å²) in [5.41, 5.74) is 0. The first kappa shape index (κ1) is 15.9. The second-order valence-corrected chi connectivity index (χ2v) is 0.565. The summed E-state index contributed by atoms with van der Waals surface area (Å²) in [6, 6.07) is 0.